The zero-order valence-corrected chi connectivity index (χ0v) is 12.8. The fraction of sp³-hybridized carbons (Fsp3) is 0.750. The quantitative estimate of drug-likeness (QED) is 0.486. The highest BCUT2D eigenvalue weighted by molar-refractivity contribution is 7.86. The predicted molar refractivity (Wildman–Crippen MR) is 72.0 cm³/mol. The Balaban J connectivity index is 4.56. The molecule has 0 fully saturated rings. The summed E-state index contributed by atoms with van der Waals surface area (Å²) in [4.78, 5) is 36.2. The number of hydrogen-bond acceptors (Lipinski definition) is 5. The van der Waals surface area contributed by atoms with Crippen molar-refractivity contribution in [2.75, 3.05) is 32.2 Å². The first-order chi connectivity index (χ1) is 8.62. The van der Waals surface area contributed by atoms with Gasteiger partial charge in [-0.15, -0.1) is 0 Å². The molecule has 0 spiro atoms. The molecule has 19 heavy (non-hydrogen) atoms. The summed E-state index contributed by atoms with van der Waals surface area (Å²) >= 11 is 0. The van der Waals surface area contributed by atoms with Crippen molar-refractivity contribution < 1.29 is 23.3 Å². The summed E-state index contributed by atoms with van der Waals surface area (Å²) in [5, 5.41) is 0. The monoisotopic (exact) mass is 291 g/mol. The molecule has 0 aromatic rings. The Labute approximate surface area is 115 Å². The van der Waals surface area contributed by atoms with E-state index >= 15 is 0 Å². The van der Waals surface area contributed by atoms with Gasteiger partial charge >= 0.3 is 5.97 Å². The summed E-state index contributed by atoms with van der Waals surface area (Å²) in [7, 11) is 1.47. The highest BCUT2D eigenvalue weighted by Gasteiger charge is 2.38. The van der Waals surface area contributed by atoms with E-state index in [1.807, 2.05) is 0 Å². The summed E-state index contributed by atoms with van der Waals surface area (Å²) in [6, 6.07) is 0. The number of ketones is 1. The Bertz CT molecular complexity index is 390. The van der Waals surface area contributed by atoms with Gasteiger partial charge < -0.3 is 9.64 Å². The second-order valence-electron chi connectivity index (χ2n) is 4.79. The number of ether oxygens (including phenoxy) is 1. The highest BCUT2D eigenvalue weighted by Crippen LogP contribution is 2.19. The summed E-state index contributed by atoms with van der Waals surface area (Å²) in [5.74, 6) is -2.00. The molecule has 7 heteroatoms. The van der Waals surface area contributed by atoms with Crippen LogP contribution in [-0.4, -0.2) is 59.0 Å². The van der Waals surface area contributed by atoms with Crippen LogP contribution in [-0.2, 0) is 29.9 Å². The molecule has 0 saturated carbocycles. The third-order valence-corrected chi connectivity index (χ3v) is 3.71. The lowest BCUT2D eigenvalue weighted by molar-refractivity contribution is -0.157. The molecule has 0 rings (SSSR count). The highest BCUT2D eigenvalue weighted by atomic mass is 32.2. The van der Waals surface area contributed by atoms with Crippen molar-refractivity contribution in [3.63, 3.8) is 0 Å². The largest absolute Gasteiger partial charge is 0.465 e. The lowest BCUT2D eigenvalue weighted by Gasteiger charge is -2.20. The average Bonchev–Trinajstić information content (AvgIpc) is 2.28. The van der Waals surface area contributed by atoms with Gasteiger partial charge in [-0.1, -0.05) is 0 Å². The van der Waals surface area contributed by atoms with Crippen molar-refractivity contribution in [2.24, 2.45) is 5.41 Å². The number of esters is 1. The average molecular weight is 291 g/mol. The van der Waals surface area contributed by atoms with E-state index in [0.717, 1.165) is 0 Å². The minimum absolute atomic E-state index is 0.178. The Kier molecular flexibility index (Phi) is 6.89. The lowest BCUT2D eigenvalue weighted by Crippen LogP contribution is -2.39. The molecule has 0 aliphatic rings. The molecule has 1 unspecified atom stereocenters. The summed E-state index contributed by atoms with van der Waals surface area (Å²) in [6.07, 6.45) is 0. The predicted octanol–water partition coefficient (Wildman–Crippen LogP) is -0.0183. The maximum absolute atomic E-state index is 11.9. The van der Waals surface area contributed by atoms with E-state index in [1.54, 1.807) is 21.0 Å². The number of carbonyl (C=O) groups excluding carboxylic acids is 3. The molecule has 0 aliphatic heterocycles. The van der Waals surface area contributed by atoms with Gasteiger partial charge in [0.05, 0.1) is 12.4 Å². The van der Waals surface area contributed by atoms with Crippen LogP contribution in [0, 0.1) is 5.41 Å². The van der Waals surface area contributed by atoms with Crippen molar-refractivity contribution in [3.05, 3.63) is 0 Å². The van der Waals surface area contributed by atoms with Crippen LogP contribution in [0.2, 0.25) is 0 Å². The molecule has 0 heterocycles. The van der Waals surface area contributed by atoms with Crippen LogP contribution in [0.3, 0.4) is 0 Å². The molecular formula is C12H21NO5S. The first-order valence-corrected chi connectivity index (χ1v) is 7.37. The van der Waals surface area contributed by atoms with E-state index in [-0.39, 0.29) is 24.0 Å². The van der Waals surface area contributed by atoms with Gasteiger partial charge in [0.15, 0.2) is 5.78 Å². The molecule has 0 saturated heterocycles. The first kappa shape index (κ1) is 17.8. The summed E-state index contributed by atoms with van der Waals surface area (Å²) < 4.78 is 16.5. The van der Waals surface area contributed by atoms with Crippen LogP contribution in [0.15, 0.2) is 0 Å². The normalized spacial score (nSPS) is 12.7. The maximum Gasteiger partial charge on any atom is 0.319 e. The molecule has 0 aromatic carbocycles. The van der Waals surface area contributed by atoms with Gasteiger partial charge in [-0.3, -0.25) is 18.6 Å². The van der Waals surface area contributed by atoms with E-state index in [1.165, 1.54) is 18.7 Å². The minimum atomic E-state index is -1.62. The standard InChI is InChI=1S/C12H21NO5S/c1-6-18-11(16)12(2,3)9(14)7-19(17)8-10(15)13(4)5/h6-8H2,1-5H3. The van der Waals surface area contributed by atoms with Gasteiger partial charge in [0, 0.05) is 24.9 Å². The van der Waals surface area contributed by atoms with Crippen LogP contribution in [0.1, 0.15) is 20.8 Å². The first-order valence-electron chi connectivity index (χ1n) is 5.88. The molecule has 110 valence electrons. The van der Waals surface area contributed by atoms with E-state index in [9.17, 15) is 18.6 Å². The molecule has 0 N–H and O–H groups in total. The topological polar surface area (TPSA) is 80.8 Å². The number of carbonyl (C=O) groups is 3. The van der Waals surface area contributed by atoms with Crippen LogP contribution in [0.25, 0.3) is 0 Å². The molecule has 0 bridgehead atoms. The van der Waals surface area contributed by atoms with Crippen LogP contribution < -0.4 is 0 Å². The number of rotatable bonds is 7. The van der Waals surface area contributed by atoms with Gasteiger partial charge in [0.1, 0.15) is 11.2 Å². The van der Waals surface area contributed by atoms with Crippen LogP contribution in [0.4, 0.5) is 0 Å². The zero-order valence-electron chi connectivity index (χ0n) is 12.0. The number of hydrogen-bond donors (Lipinski definition) is 0. The summed E-state index contributed by atoms with van der Waals surface area (Å²) in [6.45, 7) is 4.68. The Hall–Kier alpha value is -1.24. The zero-order chi connectivity index (χ0) is 15.2. The van der Waals surface area contributed by atoms with Gasteiger partial charge in [0.25, 0.3) is 0 Å². The Morgan fingerprint density at radius 3 is 2.11 bits per heavy atom. The fourth-order valence-electron chi connectivity index (χ4n) is 1.07. The van der Waals surface area contributed by atoms with Crippen molar-refractivity contribution >= 4 is 28.5 Å². The van der Waals surface area contributed by atoms with Gasteiger partial charge in [-0.25, -0.2) is 0 Å². The van der Waals surface area contributed by atoms with E-state index in [0.29, 0.717) is 0 Å². The lowest BCUT2D eigenvalue weighted by atomic mass is 9.89. The molecule has 0 aromatic heterocycles. The number of amides is 1. The van der Waals surface area contributed by atoms with Crippen molar-refractivity contribution in [1.82, 2.24) is 4.90 Å². The molecule has 6 nitrogen and oxygen atoms in total. The summed E-state index contributed by atoms with van der Waals surface area (Å²) in [5.41, 5.74) is -1.34. The van der Waals surface area contributed by atoms with E-state index in [4.69, 9.17) is 4.74 Å². The second kappa shape index (κ2) is 7.37. The van der Waals surface area contributed by atoms with E-state index in [2.05, 4.69) is 0 Å². The molecule has 1 amide bonds. The van der Waals surface area contributed by atoms with Gasteiger partial charge in [-0.2, -0.15) is 0 Å². The number of Topliss-reactive ketones (excluding diaryl/α,β-unsaturated/α-hetero) is 1. The Morgan fingerprint density at radius 1 is 1.16 bits per heavy atom. The van der Waals surface area contributed by atoms with Crippen molar-refractivity contribution in [3.8, 4) is 0 Å². The van der Waals surface area contributed by atoms with Gasteiger partial charge in [0.2, 0.25) is 5.91 Å². The number of nitrogens with zero attached hydrogens (tertiary/aromatic N) is 1. The SMILES string of the molecule is CCOC(=O)C(C)(C)C(=O)CS(=O)CC(=O)N(C)C. The molecule has 0 radical (unpaired) electrons. The van der Waals surface area contributed by atoms with Crippen LogP contribution >= 0.6 is 0 Å². The van der Waals surface area contributed by atoms with E-state index < -0.39 is 28.0 Å². The minimum Gasteiger partial charge on any atom is -0.465 e. The Morgan fingerprint density at radius 2 is 1.68 bits per heavy atom. The fourth-order valence-corrected chi connectivity index (χ4v) is 2.36. The smallest absolute Gasteiger partial charge is 0.319 e. The third-order valence-electron chi connectivity index (χ3n) is 2.56. The second-order valence-corrected chi connectivity index (χ2v) is 6.24. The van der Waals surface area contributed by atoms with Gasteiger partial charge in [-0.05, 0) is 20.8 Å². The molecule has 0 aliphatic carbocycles. The molecule has 1 atom stereocenters. The molecular weight excluding hydrogens is 270 g/mol. The van der Waals surface area contributed by atoms with Crippen LogP contribution in [0.5, 0.6) is 0 Å². The third kappa shape index (κ3) is 5.50. The maximum atomic E-state index is 11.9. The van der Waals surface area contributed by atoms with Crippen molar-refractivity contribution in [2.45, 2.75) is 20.8 Å². The van der Waals surface area contributed by atoms with Crippen molar-refractivity contribution in [1.29, 1.82) is 0 Å².